The summed E-state index contributed by atoms with van der Waals surface area (Å²) in [5.41, 5.74) is 1.38. The third-order valence-electron chi connectivity index (χ3n) is 5.14. The molecule has 28 heavy (non-hydrogen) atoms. The molecule has 1 aliphatic heterocycles. The first-order valence-corrected chi connectivity index (χ1v) is 9.80. The van der Waals surface area contributed by atoms with Crippen molar-refractivity contribution in [2.75, 3.05) is 53.6 Å². The highest BCUT2D eigenvalue weighted by Gasteiger charge is 2.24. The Morgan fingerprint density at radius 2 is 2.00 bits per heavy atom. The van der Waals surface area contributed by atoms with E-state index in [-0.39, 0.29) is 24.0 Å². The first-order chi connectivity index (χ1) is 13.3. The highest BCUT2D eigenvalue weighted by atomic mass is 127. The largest absolute Gasteiger partial charge is 0.382 e. The van der Waals surface area contributed by atoms with E-state index in [1.54, 1.807) is 7.11 Å². The van der Waals surface area contributed by atoms with Crippen LogP contribution in [0.2, 0.25) is 0 Å². The second kappa shape index (κ2) is 12.2. The van der Waals surface area contributed by atoms with Crippen LogP contribution in [0, 0.1) is 5.92 Å². The number of ether oxygens (including phenoxy) is 2. The molecule has 154 valence electrons. The van der Waals surface area contributed by atoms with Gasteiger partial charge in [0.2, 0.25) is 0 Å². The average molecular weight is 497 g/mol. The van der Waals surface area contributed by atoms with Gasteiger partial charge in [0.25, 0.3) is 0 Å². The summed E-state index contributed by atoms with van der Waals surface area (Å²) < 4.78 is 10.7. The number of nitrogens with zero attached hydrogens (tertiary/aromatic N) is 2. The predicted octanol–water partition coefficient (Wildman–Crippen LogP) is 3.56. The summed E-state index contributed by atoms with van der Waals surface area (Å²) in [4.78, 5) is 6.82. The van der Waals surface area contributed by atoms with Gasteiger partial charge in [-0.2, -0.15) is 0 Å². The van der Waals surface area contributed by atoms with E-state index >= 15 is 0 Å². The molecule has 1 fully saturated rings. The summed E-state index contributed by atoms with van der Waals surface area (Å²) in [5.74, 6) is 1.56. The number of methoxy groups -OCH3 is 1. The van der Waals surface area contributed by atoms with Crippen LogP contribution >= 0.6 is 24.0 Å². The van der Waals surface area contributed by atoms with Gasteiger partial charge in [0.05, 0.1) is 19.8 Å². The van der Waals surface area contributed by atoms with Crippen molar-refractivity contribution in [1.82, 2.24) is 10.2 Å². The van der Waals surface area contributed by atoms with Gasteiger partial charge in [0.1, 0.15) is 0 Å². The number of hydrogen-bond donors (Lipinski definition) is 1. The number of fused-ring (bicyclic) bond motifs is 1. The topological polar surface area (TPSA) is 46.1 Å². The Kier molecular flexibility index (Phi) is 10.0. The molecule has 1 saturated heterocycles. The molecule has 1 unspecified atom stereocenters. The summed E-state index contributed by atoms with van der Waals surface area (Å²) in [6.07, 6.45) is 2.13. The van der Waals surface area contributed by atoms with Crippen LogP contribution in [-0.2, 0) is 15.9 Å². The molecule has 1 atom stereocenters. The van der Waals surface area contributed by atoms with E-state index in [0.717, 1.165) is 45.0 Å². The Labute approximate surface area is 185 Å². The van der Waals surface area contributed by atoms with E-state index in [1.807, 2.05) is 7.05 Å². The normalized spacial score (nSPS) is 17.0. The third kappa shape index (κ3) is 6.32. The predicted molar refractivity (Wildman–Crippen MR) is 127 cm³/mol. The number of nitrogens with one attached hydrogen (secondary N) is 1. The zero-order chi connectivity index (χ0) is 18.9. The van der Waals surface area contributed by atoms with E-state index in [0.29, 0.717) is 19.1 Å². The lowest BCUT2D eigenvalue weighted by molar-refractivity contribution is 0.0536. The summed E-state index contributed by atoms with van der Waals surface area (Å²) in [6.45, 7) is 5.05. The van der Waals surface area contributed by atoms with E-state index in [9.17, 15) is 0 Å². The Morgan fingerprint density at radius 3 is 2.82 bits per heavy atom. The molecule has 3 rings (SSSR count). The molecule has 0 radical (unpaired) electrons. The van der Waals surface area contributed by atoms with Crippen LogP contribution in [0.4, 0.5) is 0 Å². The average Bonchev–Trinajstić information content (AvgIpc) is 3.17. The van der Waals surface area contributed by atoms with Crippen molar-refractivity contribution >= 4 is 40.7 Å². The lowest BCUT2D eigenvalue weighted by Crippen LogP contribution is -2.41. The number of benzene rings is 2. The van der Waals surface area contributed by atoms with Gasteiger partial charge in [-0.05, 0) is 29.2 Å². The van der Waals surface area contributed by atoms with Gasteiger partial charge in [0.15, 0.2) is 5.96 Å². The van der Waals surface area contributed by atoms with Crippen LogP contribution in [0.25, 0.3) is 10.8 Å². The van der Waals surface area contributed by atoms with Gasteiger partial charge in [-0.15, -0.1) is 24.0 Å². The third-order valence-corrected chi connectivity index (χ3v) is 5.14. The molecule has 0 bridgehead atoms. The molecule has 0 saturated carbocycles. The molecule has 0 aliphatic carbocycles. The lowest BCUT2D eigenvalue weighted by atomic mass is 10.0. The number of aliphatic imine (C=N–C) groups is 1. The van der Waals surface area contributed by atoms with Crippen LogP contribution in [-0.4, -0.2) is 64.5 Å². The van der Waals surface area contributed by atoms with Gasteiger partial charge in [-0.25, -0.2) is 0 Å². The molecule has 2 aromatic rings. The SMILES string of the molecule is CN=C(NCCc1cccc2ccccc12)N1CCC(COCCOC)C1.I. The molecule has 1 N–H and O–H groups in total. The summed E-state index contributed by atoms with van der Waals surface area (Å²) >= 11 is 0. The smallest absolute Gasteiger partial charge is 0.193 e. The molecular weight excluding hydrogens is 465 g/mol. The van der Waals surface area contributed by atoms with Crippen molar-refractivity contribution in [3.8, 4) is 0 Å². The van der Waals surface area contributed by atoms with E-state index in [4.69, 9.17) is 9.47 Å². The molecule has 1 heterocycles. The van der Waals surface area contributed by atoms with Crippen LogP contribution in [0.3, 0.4) is 0 Å². The Hall–Kier alpha value is -1.38. The van der Waals surface area contributed by atoms with Crippen molar-refractivity contribution in [3.05, 3.63) is 48.0 Å². The quantitative estimate of drug-likeness (QED) is 0.262. The fraction of sp³-hybridized carbons (Fsp3) is 0.500. The van der Waals surface area contributed by atoms with Gasteiger partial charge in [-0.1, -0.05) is 42.5 Å². The zero-order valence-electron chi connectivity index (χ0n) is 16.9. The molecule has 0 spiro atoms. The highest BCUT2D eigenvalue weighted by molar-refractivity contribution is 14.0. The fourth-order valence-corrected chi connectivity index (χ4v) is 3.71. The van der Waals surface area contributed by atoms with E-state index in [2.05, 4.69) is 57.7 Å². The number of likely N-dealkylation sites (tertiary alicyclic amines) is 1. The first kappa shape index (κ1) is 22.9. The van der Waals surface area contributed by atoms with Gasteiger partial charge >= 0.3 is 0 Å². The molecule has 0 amide bonds. The summed E-state index contributed by atoms with van der Waals surface area (Å²) in [6, 6.07) is 15.1. The molecule has 0 aromatic heterocycles. The molecule has 6 heteroatoms. The minimum absolute atomic E-state index is 0. The van der Waals surface area contributed by atoms with Crippen molar-refractivity contribution in [3.63, 3.8) is 0 Å². The minimum Gasteiger partial charge on any atom is -0.382 e. The van der Waals surface area contributed by atoms with Gasteiger partial charge in [0, 0.05) is 39.7 Å². The van der Waals surface area contributed by atoms with Crippen LogP contribution in [0.15, 0.2) is 47.5 Å². The second-order valence-corrected chi connectivity index (χ2v) is 7.03. The molecule has 2 aromatic carbocycles. The molecule has 5 nitrogen and oxygen atoms in total. The maximum atomic E-state index is 5.69. The maximum Gasteiger partial charge on any atom is 0.193 e. The minimum atomic E-state index is 0. The Balaban J connectivity index is 0.00000280. The number of rotatable bonds is 8. The van der Waals surface area contributed by atoms with Gasteiger partial charge in [-0.3, -0.25) is 4.99 Å². The zero-order valence-corrected chi connectivity index (χ0v) is 19.2. The van der Waals surface area contributed by atoms with Crippen molar-refractivity contribution < 1.29 is 9.47 Å². The van der Waals surface area contributed by atoms with E-state index in [1.165, 1.54) is 16.3 Å². The van der Waals surface area contributed by atoms with Crippen LogP contribution in [0.5, 0.6) is 0 Å². The molecular formula is C22H32IN3O2. The van der Waals surface area contributed by atoms with Crippen LogP contribution < -0.4 is 5.32 Å². The monoisotopic (exact) mass is 497 g/mol. The van der Waals surface area contributed by atoms with Crippen molar-refractivity contribution in [1.29, 1.82) is 0 Å². The standard InChI is InChI=1S/C22H31N3O2.HI/c1-23-22(25-13-11-18(16-25)17-27-15-14-26-2)24-12-10-20-8-5-7-19-6-3-4-9-21(19)20;/h3-9,18H,10-17H2,1-2H3,(H,23,24);1H. The number of guanidine groups is 1. The second-order valence-electron chi connectivity index (χ2n) is 7.03. The summed E-state index contributed by atoms with van der Waals surface area (Å²) in [5, 5.41) is 6.18. The van der Waals surface area contributed by atoms with Crippen molar-refractivity contribution in [2.24, 2.45) is 10.9 Å². The summed E-state index contributed by atoms with van der Waals surface area (Å²) in [7, 11) is 3.57. The fourth-order valence-electron chi connectivity index (χ4n) is 3.71. The van der Waals surface area contributed by atoms with Crippen molar-refractivity contribution in [2.45, 2.75) is 12.8 Å². The Morgan fingerprint density at radius 1 is 1.18 bits per heavy atom. The van der Waals surface area contributed by atoms with Gasteiger partial charge < -0.3 is 19.7 Å². The highest BCUT2D eigenvalue weighted by Crippen LogP contribution is 2.19. The number of hydrogen-bond acceptors (Lipinski definition) is 3. The van der Waals surface area contributed by atoms with Crippen LogP contribution in [0.1, 0.15) is 12.0 Å². The number of halogens is 1. The first-order valence-electron chi connectivity index (χ1n) is 9.80. The Bertz CT molecular complexity index is 748. The van der Waals surface area contributed by atoms with E-state index < -0.39 is 0 Å². The maximum absolute atomic E-state index is 5.69. The lowest BCUT2D eigenvalue weighted by Gasteiger charge is -2.22. The molecule has 1 aliphatic rings.